The normalized spacial score (nSPS) is 25.9. The minimum Gasteiger partial charge on any atom is -0.322 e. The Kier molecular flexibility index (Phi) is 3.55. The average Bonchev–Trinajstić information content (AvgIpc) is 3.11. The van der Waals surface area contributed by atoms with E-state index in [1.54, 1.807) is 18.6 Å². The number of Topliss-reactive ketones (excluding diaryl/α,β-unsaturated/α-hetero) is 1. The summed E-state index contributed by atoms with van der Waals surface area (Å²) < 4.78 is 16.2. The van der Waals surface area contributed by atoms with Crippen LogP contribution in [-0.2, 0) is 4.79 Å². The van der Waals surface area contributed by atoms with E-state index in [2.05, 4.69) is 11.9 Å². The SMILES string of the molecule is CC1CCC(C(=O)CC2c3cccc(F)c3-c3cncn32)CC1. The Morgan fingerprint density at radius 3 is 2.87 bits per heavy atom. The van der Waals surface area contributed by atoms with Gasteiger partial charge in [-0.05, 0) is 30.4 Å². The Hall–Kier alpha value is -1.97. The molecule has 1 aromatic carbocycles. The summed E-state index contributed by atoms with van der Waals surface area (Å²) in [7, 11) is 0. The highest BCUT2D eigenvalue weighted by Crippen LogP contribution is 2.43. The molecule has 1 aliphatic heterocycles. The number of nitrogens with zero attached hydrogens (tertiary/aromatic N) is 2. The van der Waals surface area contributed by atoms with Gasteiger partial charge in [-0.25, -0.2) is 9.37 Å². The lowest BCUT2D eigenvalue weighted by molar-refractivity contribution is -0.124. The number of benzene rings is 1. The molecule has 2 aliphatic rings. The number of halogens is 1. The monoisotopic (exact) mass is 312 g/mol. The first-order chi connectivity index (χ1) is 11.1. The van der Waals surface area contributed by atoms with Gasteiger partial charge in [0.25, 0.3) is 0 Å². The molecule has 4 heteroatoms. The largest absolute Gasteiger partial charge is 0.322 e. The van der Waals surface area contributed by atoms with Crippen molar-refractivity contribution in [1.29, 1.82) is 0 Å². The van der Waals surface area contributed by atoms with Crippen LogP contribution in [0.2, 0.25) is 0 Å². The van der Waals surface area contributed by atoms with Gasteiger partial charge >= 0.3 is 0 Å². The Bertz CT molecular complexity index is 744. The molecule has 2 heterocycles. The molecule has 1 fully saturated rings. The van der Waals surface area contributed by atoms with Gasteiger partial charge in [0.1, 0.15) is 11.6 Å². The molecule has 2 aromatic rings. The number of hydrogen-bond donors (Lipinski definition) is 0. The third kappa shape index (κ3) is 2.41. The van der Waals surface area contributed by atoms with Crippen LogP contribution in [0.4, 0.5) is 4.39 Å². The van der Waals surface area contributed by atoms with Crippen molar-refractivity contribution in [2.75, 3.05) is 0 Å². The average molecular weight is 312 g/mol. The number of aromatic nitrogens is 2. The number of hydrogen-bond acceptors (Lipinski definition) is 2. The van der Waals surface area contributed by atoms with Gasteiger partial charge in [-0.15, -0.1) is 0 Å². The molecule has 1 atom stereocenters. The fourth-order valence-electron chi connectivity index (χ4n) is 4.13. The van der Waals surface area contributed by atoms with Crippen LogP contribution in [0.15, 0.2) is 30.7 Å². The maximum absolute atomic E-state index is 14.2. The van der Waals surface area contributed by atoms with Gasteiger partial charge < -0.3 is 4.57 Å². The molecule has 1 saturated carbocycles. The quantitative estimate of drug-likeness (QED) is 0.843. The van der Waals surface area contributed by atoms with Crippen LogP contribution in [0.25, 0.3) is 11.3 Å². The van der Waals surface area contributed by atoms with Crippen molar-refractivity contribution in [3.63, 3.8) is 0 Å². The standard InChI is InChI=1S/C19H21FN2O/c1-12-5-7-13(8-6-12)18(23)9-16-14-3-2-4-15(20)19(14)17-10-21-11-22(16)17/h2-4,10-13,16H,5-9H2,1H3. The molecule has 1 aromatic heterocycles. The summed E-state index contributed by atoms with van der Waals surface area (Å²) >= 11 is 0. The molecule has 0 N–H and O–H groups in total. The Balaban J connectivity index is 1.61. The zero-order valence-corrected chi connectivity index (χ0v) is 13.3. The topological polar surface area (TPSA) is 34.9 Å². The van der Waals surface area contributed by atoms with Crippen LogP contribution in [0.1, 0.15) is 50.6 Å². The maximum atomic E-state index is 14.2. The first-order valence-corrected chi connectivity index (χ1v) is 8.48. The Morgan fingerprint density at radius 1 is 1.30 bits per heavy atom. The minimum absolute atomic E-state index is 0.106. The smallest absolute Gasteiger partial charge is 0.138 e. The molecule has 3 nitrogen and oxygen atoms in total. The number of rotatable bonds is 3. The van der Waals surface area contributed by atoms with Gasteiger partial charge in [-0.1, -0.05) is 31.9 Å². The van der Waals surface area contributed by atoms with Crippen LogP contribution in [0.5, 0.6) is 0 Å². The van der Waals surface area contributed by atoms with Gasteiger partial charge in [0.2, 0.25) is 0 Å². The molecule has 1 unspecified atom stereocenters. The van der Waals surface area contributed by atoms with E-state index in [4.69, 9.17) is 0 Å². The van der Waals surface area contributed by atoms with E-state index < -0.39 is 0 Å². The van der Waals surface area contributed by atoms with E-state index in [-0.39, 0.29) is 17.8 Å². The molecule has 1 aliphatic carbocycles. The fraction of sp³-hybridized carbons (Fsp3) is 0.474. The summed E-state index contributed by atoms with van der Waals surface area (Å²) in [6.07, 6.45) is 8.13. The molecular weight excluding hydrogens is 291 g/mol. The molecule has 0 bridgehead atoms. The van der Waals surface area contributed by atoms with Crippen molar-refractivity contribution in [2.45, 2.75) is 45.1 Å². The van der Waals surface area contributed by atoms with Gasteiger partial charge in [0, 0.05) is 17.9 Å². The van der Waals surface area contributed by atoms with Gasteiger partial charge in [-0.3, -0.25) is 4.79 Å². The molecular formula is C19H21FN2O. The number of carbonyl (C=O) groups is 1. The van der Waals surface area contributed by atoms with Crippen LogP contribution in [0, 0.1) is 17.7 Å². The molecule has 23 heavy (non-hydrogen) atoms. The zero-order valence-electron chi connectivity index (χ0n) is 13.3. The lowest BCUT2D eigenvalue weighted by atomic mass is 9.79. The lowest BCUT2D eigenvalue weighted by Crippen LogP contribution is -2.23. The van der Waals surface area contributed by atoms with Crippen LogP contribution < -0.4 is 0 Å². The number of fused-ring (bicyclic) bond motifs is 3. The second kappa shape index (κ2) is 5.59. The van der Waals surface area contributed by atoms with Crippen LogP contribution in [-0.4, -0.2) is 15.3 Å². The van der Waals surface area contributed by atoms with Crippen LogP contribution >= 0.6 is 0 Å². The lowest BCUT2D eigenvalue weighted by Gasteiger charge is -2.26. The van der Waals surface area contributed by atoms with Crippen molar-refractivity contribution in [3.8, 4) is 11.3 Å². The van der Waals surface area contributed by atoms with Crippen molar-refractivity contribution >= 4 is 5.78 Å². The first kappa shape index (κ1) is 14.6. The third-order valence-corrected chi connectivity index (χ3v) is 5.53. The second-order valence-electron chi connectivity index (χ2n) is 7.03. The molecule has 0 radical (unpaired) electrons. The number of carbonyl (C=O) groups excluding carboxylic acids is 1. The summed E-state index contributed by atoms with van der Waals surface area (Å²) in [6.45, 7) is 2.26. The number of ketones is 1. The van der Waals surface area contributed by atoms with Gasteiger partial charge in [0.15, 0.2) is 0 Å². The summed E-state index contributed by atoms with van der Waals surface area (Å²) in [5.74, 6) is 1.00. The summed E-state index contributed by atoms with van der Waals surface area (Å²) in [6, 6.07) is 5.04. The number of imidazole rings is 1. The highest BCUT2D eigenvalue weighted by atomic mass is 19.1. The van der Waals surface area contributed by atoms with Crippen LogP contribution in [0.3, 0.4) is 0 Å². The fourth-order valence-corrected chi connectivity index (χ4v) is 4.13. The first-order valence-electron chi connectivity index (χ1n) is 8.48. The van der Waals surface area contributed by atoms with E-state index in [0.29, 0.717) is 17.8 Å². The predicted molar refractivity (Wildman–Crippen MR) is 86.5 cm³/mol. The highest BCUT2D eigenvalue weighted by Gasteiger charge is 2.34. The van der Waals surface area contributed by atoms with Crippen molar-refractivity contribution in [2.24, 2.45) is 11.8 Å². The summed E-state index contributed by atoms with van der Waals surface area (Å²) in [5.41, 5.74) is 2.31. The van der Waals surface area contributed by atoms with Crippen molar-refractivity contribution < 1.29 is 9.18 Å². The van der Waals surface area contributed by atoms with E-state index in [1.807, 2.05) is 10.6 Å². The minimum atomic E-state index is -0.231. The zero-order chi connectivity index (χ0) is 16.0. The van der Waals surface area contributed by atoms with Crippen molar-refractivity contribution in [1.82, 2.24) is 9.55 Å². The predicted octanol–water partition coefficient (Wildman–Crippen LogP) is 4.38. The van der Waals surface area contributed by atoms with E-state index in [1.165, 1.54) is 6.07 Å². The molecule has 120 valence electrons. The molecule has 4 rings (SSSR count). The molecule has 0 saturated heterocycles. The van der Waals surface area contributed by atoms with E-state index in [9.17, 15) is 9.18 Å². The summed E-state index contributed by atoms with van der Waals surface area (Å²) in [4.78, 5) is 16.9. The Labute approximate surface area is 135 Å². The molecule has 0 spiro atoms. The van der Waals surface area contributed by atoms with Gasteiger partial charge in [0.05, 0.1) is 24.3 Å². The Morgan fingerprint density at radius 2 is 2.09 bits per heavy atom. The van der Waals surface area contributed by atoms with Gasteiger partial charge in [-0.2, -0.15) is 0 Å². The summed E-state index contributed by atoms with van der Waals surface area (Å²) in [5, 5.41) is 0. The van der Waals surface area contributed by atoms with Crippen molar-refractivity contribution in [3.05, 3.63) is 42.1 Å². The second-order valence-corrected chi connectivity index (χ2v) is 7.03. The highest BCUT2D eigenvalue weighted by molar-refractivity contribution is 5.83. The molecule has 0 amide bonds. The van der Waals surface area contributed by atoms with E-state index >= 15 is 0 Å². The third-order valence-electron chi connectivity index (χ3n) is 5.53. The maximum Gasteiger partial charge on any atom is 0.138 e. The van der Waals surface area contributed by atoms with E-state index in [0.717, 1.165) is 42.9 Å².